The van der Waals surface area contributed by atoms with E-state index in [2.05, 4.69) is 0 Å². The quantitative estimate of drug-likeness (QED) is 0.540. The van der Waals surface area contributed by atoms with E-state index in [1.807, 2.05) is 0 Å². The summed E-state index contributed by atoms with van der Waals surface area (Å²) < 4.78 is 52.2. The third kappa shape index (κ3) is 5.52. The minimum absolute atomic E-state index is 0.198. The molecular weight excluding hydrogens is 426 g/mol. The Morgan fingerprint density at radius 2 is 1.39 bits per heavy atom. The number of methoxy groups -OCH3 is 5. The lowest BCUT2D eigenvalue weighted by molar-refractivity contribution is -0.126. The molecule has 2 aromatic carbocycles. The molecule has 10 heteroatoms. The van der Waals surface area contributed by atoms with Crippen LogP contribution in [0.4, 0.5) is 0 Å². The second-order valence-electron chi connectivity index (χ2n) is 6.53. The molecule has 1 amide bonds. The van der Waals surface area contributed by atoms with Gasteiger partial charge in [0.15, 0.2) is 23.0 Å². The largest absolute Gasteiger partial charge is 0.493 e. The molecule has 0 atom stereocenters. The van der Waals surface area contributed by atoms with Crippen LogP contribution in [0.25, 0.3) is 0 Å². The van der Waals surface area contributed by atoms with Gasteiger partial charge in [0.25, 0.3) is 0 Å². The topological polar surface area (TPSA) is 101 Å². The molecule has 170 valence electrons. The molecule has 0 heterocycles. The predicted molar refractivity (Wildman–Crippen MR) is 115 cm³/mol. The van der Waals surface area contributed by atoms with Crippen LogP contribution in [0, 0.1) is 0 Å². The second kappa shape index (κ2) is 10.3. The van der Waals surface area contributed by atoms with Crippen molar-refractivity contribution < 1.29 is 36.9 Å². The summed E-state index contributed by atoms with van der Waals surface area (Å²) in [5.74, 6) is 1.28. The van der Waals surface area contributed by atoms with Crippen LogP contribution in [0.5, 0.6) is 28.7 Å². The zero-order chi connectivity index (χ0) is 23.2. The van der Waals surface area contributed by atoms with E-state index in [0.29, 0.717) is 39.9 Å². The second-order valence-corrected chi connectivity index (χ2v) is 8.43. The first-order chi connectivity index (χ1) is 14.7. The molecule has 0 bridgehead atoms. The van der Waals surface area contributed by atoms with Gasteiger partial charge in [0, 0.05) is 5.56 Å². The van der Waals surface area contributed by atoms with Crippen molar-refractivity contribution in [1.29, 1.82) is 0 Å². The van der Waals surface area contributed by atoms with Gasteiger partial charge in [-0.25, -0.2) is 12.7 Å². The summed E-state index contributed by atoms with van der Waals surface area (Å²) in [6.45, 7) is -0.206. The highest BCUT2D eigenvalue weighted by Crippen LogP contribution is 2.38. The number of para-hydroxylation sites is 1. The Hall–Kier alpha value is -3.14. The number of hydrogen-bond donors (Lipinski definition) is 0. The van der Waals surface area contributed by atoms with Crippen molar-refractivity contribution in [1.82, 2.24) is 4.31 Å². The normalized spacial score (nSPS) is 10.9. The summed E-state index contributed by atoms with van der Waals surface area (Å²) in [6, 6.07) is 8.26. The van der Waals surface area contributed by atoms with Gasteiger partial charge in [0.05, 0.1) is 54.8 Å². The van der Waals surface area contributed by atoms with Crippen molar-refractivity contribution in [2.24, 2.45) is 0 Å². The van der Waals surface area contributed by atoms with E-state index in [1.165, 1.54) is 35.5 Å². The van der Waals surface area contributed by atoms with Crippen LogP contribution < -0.4 is 23.7 Å². The molecule has 0 aliphatic carbocycles. The number of sulfonamides is 1. The number of carbonyl (C=O) groups is 1. The first kappa shape index (κ1) is 24.1. The molecule has 31 heavy (non-hydrogen) atoms. The summed E-state index contributed by atoms with van der Waals surface area (Å²) >= 11 is 0. The van der Waals surface area contributed by atoms with Crippen LogP contribution in [0.1, 0.15) is 11.1 Å². The van der Waals surface area contributed by atoms with Crippen molar-refractivity contribution >= 4 is 15.9 Å². The lowest BCUT2D eigenvalue weighted by atomic mass is 10.1. The summed E-state index contributed by atoms with van der Waals surface area (Å²) in [4.78, 5) is 13.0. The van der Waals surface area contributed by atoms with Gasteiger partial charge in [-0.05, 0) is 23.8 Å². The molecule has 0 radical (unpaired) electrons. The smallest absolute Gasteiger partial charge is 0.240 e. The number of benzene rings is 2. The monoisotopic (exact) mass is 453 g/mol. The predicted octanol–water partition coefficient (Wildman–Crippen LogP) is 2.26. The van der Waals surface area contributed by atoms with Crippen LogP contribution in [0.15, 0.2) is 30.3 Å². The Balaban J connectivity index is 2.41. The molecule has 0 spiro atoms. The van der Waals surface area contributed by atoms with Gasteiger partial charge < -0.3 is 23.7 Å². The molecule has 0 aromatic heterocycles. The van der Waals surface area contributed by atoms with Gasteiger partial charge in [0.2, 0.25) is 21.7 Å². The van der Waals surface area contributed by atoms with E-state index in [4.69, 9.17) is 23.7 Å². The van der Waals surface area contributed by atoms with Crippen molar-refractivity contribution in [2.75, 3.05) is 41.8 Å². The van der Waals surface area contributed by atoms with Crippen LogP contribution in [0.2, 0.25) is 0 Å². The highest BCUT2D eigenvalue weighted by molar-refractivity contribution is 7.88. The Kier molecular flexibility index (Phi) is 7.98. The zero-order valence-electron chi connectivity index (χ0n) is 18.4. The van der Waals surface area contributed by atoms with Gasteiger partial charge in [-0.2, -0.15) is 0 Å². The molecule has 0 N–H and O–H groups in total. The van der Waals surface area contributed by atoms with Crippen LogP contribution in [-0.4, -0.2) is 60.4 Å². The highest BCUT2D eigenvalue weighted by atomic mass is 32.2. The van der Waals surface area contributed by atoms with E-state index in [0.717, 1.165) is 10.6 Å². The lowest BCUT2D eigenvalue weighted by Crippen LogP contribution is -2.36. The Labute approximate surface area is 182 Å². The Morgan fingerprint density at radius 1 is 0.839 bits per heavy atom. The standard InChI is InChI=1S/C21H27NO8S/c1-26-16-9-7-8-15(20(16)29-4)13-22(31(6,24)25)19(23)12-14-10-17(27-2)21(30-5)18(11-14)28-3/h7-11H,12-13H2,1-6H3. The molecule has 0 aliphatic heterocycles. The number of rotatable bonds is 10. The van der Waals surface area contributed by atoms with Crippen molar-refractivity contribution in [2.45, 2.75) is 13.0 Å². The van der Waals surface area contributed by atoms with E-state index >= 15 is 0 Å². The van der Waals surface area contributed by atoms with Crippen molar-refractivity contribution in [3.8, 4) is 28.7 Å². The van der Waals surface area contributed by atoms with Gasteiger partial charge in [0.1, 0.15) is 0 Å². The third-order valence-electron chi connectivity index (χ3n) is 4.56. The van der Waals surface area contributed by atoms with E-state index in [-0.39, 0.29) is 13.0 Å². The average Bonchev–Trinajstić information content (AvgIpc) is 2.75. The number of ether oxygens (including phenoxy) is 5. The summed E-state index contributed by atoms with van der Waals surface area (Å²) in [5, 5.41) is 0. The van der Waals surface area contributed by atoms with Gasteiger partial charge >= 0.3 is 0 Å². The lowest BCUT2D eigenvalue weighted by Gasteiger charge is -2.22. The molecule has 0 aliphatic rings. The number of amides is 1. The fraction of sp³-hybridized carbons (Fsp3) is 0.381. The average molecular weight is 454 g/mol. The Morgan fingerprint density at radius 3 is 1.84 bits per heavy atom. The first-order valence-corrected chi connectivity index (χ1v) is 11.0. The van der Waals surface area contributed by atoms with Gasteiger partial charge in [-0.15, -0.1) is 0 Å². The van der Waals surface area contributed by atoms with Crippen LogP contribution in [-0.2, 0) is 27.8 Å². The molecule has 2 aromatic rings. The maximum atomic E-state index is 13.0. The first-order valence-electron chi connectivity index (χ1n) is 9.19. The maximum absolute atomic E-state index is 13.0. The van der Waals surface area contributed by atoms with Crippen LogP contribution in [0.3, 0.4) is 0 Å². The summed E-state index contributed by atoms with van der Waals surface area (Å²) in [6.07, 6.45) is 0.781. The Bertz CT molecular complexity index is 1010. The van der Waals surface area contributed by atoms with Gasteiger partial charge in [-0.1, -0.05) is 12.1 Å². The fourth-order valence-corrected chi connectivity index (χ4v) is 3.93. The van der Waals surface area contributed by atoms with Crippen molar-refractivity contribution in [3.05, 3.63) is 41.5 Å². The molecule has 9 nitrogen and oxygen atoms in total. The zero-order valence-corrected chi connectivity index (χ0v) is 19.2. The minimum atomic E-state index is -3.87. The number of carbonyl (C=O) groups excluding carboxylic acids is 1. The van der Waals surface area contributed by atoms with E-state index in [9.17, 15) is 13.2 Å². The third-order valence-corrected chi connectivity index (χ3v) is 5.69. The van der Waals surface area contributed by atoms with Crippen LogP contribution >= 0.6 is 0 Å². The molecular formula is C21H27NO8S. The summed E-state index contributed by atoms with van der Waals surface area (Å²) in [7, 11) is 3.44. The highest BCUT2D eigenvalue weighted by Gasteiger charge is 2.26. The molecule has 0 unspecified atom stereocenters. The van der Waals surface area contributed by atoms with E-state index < -0.39 is 15.9 Å². The number of hydrogen-bond acceptors (Lipinski definition) is 8. The molecule has 0 fully saturated rings. The maximum Gasteiger partial charge on any atom is 0.240 e. The number of nitrogens with zero attached hydrogens (tertiary/aromatic N) is 1. The fourth-order valence-electron chi connectivity index (χ4n) is 3.12. The van der Waals surface area contributed by atoms with E-state index in [1.54, 1.807) is 30.3 Å². The SMILES string of the molecule is COc1cccc(CN(C(=O)Cc2cc(OC)c(OC)c(OC)c2)S(C)(=O)=O)c1OC. The minimum Gasteiger partial charge on any atom is -0.493 e. The summed E-state index contributed by atoms with van der Waals surface area (Å²) in [5.41, 5.74) is 0.997. The molecule has 0 saturated heterocycles. The van der Waals surface area contributed by atoms with Crippen molar-refractivity contribution in [3.63, 3.8) is 0 Å². The molecule has 0 saturated carbocycles. The molecule has 2 rings (SSSR count). The van der Waals surface area contributed by atoms with Gasteiger partial charge in [-0.3, -0.25) is 4.79 Å².